The van der Waals surface area contributed by atoms with E-state index in [4.69, 9.17) is 5.73 Å². The van der Waals surface area contributed by atoms with Crippen molar-refractivity contribution >= 4 is 11.8 Å². The lowest BCUT2D eigenvalue weighted by atomic mass is 10.0. The fraction of sp³-hybridized carbons (Fsp3) is 0.467. The van der Waals surface area contributed by atoms with Gasteiger partial charge >= 0.3 is 0 Å². The van der Waals surface area contributed by atoms with Gasteiger partial charge in [0, 0.05) is 38.2 Å². The van der Waals surface area contributed by atoms with Crippen LogP contribution < -0.4 is 11.1 Å². The van der Waals surface area contributed by atoms with Gasteiger partial charge in [-0.1, -0.05) is 12.1 Å². The zero-order valence-corrected chi connectivity index (χ0v) is 11.8. The largest absolute Gasteiger partial charge is 0.352 e. The van der Waals surface area contributed by atoms with Gasteiger partial charge in [-0.05, 0) is 30.5 Å². The molecule has 0 bridgehead atoms. The van der Waals surface area contributed by atoms with E-state index in [9.17, 15) is 9.59 Å². The Morgan fingerprint density at radius 1 is 1.25 bits per heavy atom. The summed E-state index contributed by atoms with van der Waals surface area (Å²) in [4.78, 5) is 25.0. The molecule has 0 spiro atoms. The number of nitrogens with one attached hydrogen (secondary N) is 1. The molecule has 1 aromatic rings. The number of rotatable bonds is 3. The summed E-state index contributed by atoms with van der Waals surface area (Å²) in [6.45, 7) is 3.43. The molecule has 1 aliphatic heterocycles. The summed E-state index contributed by atoms with van der Waals surface area (Å²) in [6, 6.07) is 7.60. The lowest BCUT2D eigenvalue weighted by molar-refractivity contribution is -0.119. The summed E-state index contributed by atoms with van der Waals surface area (Å²) in [6.07, 6.45) is 1.73. The maximum absolute atomic E-state index is 12.3. The van der Waals surface area contributed by atoms with Gasteiger partial charge in [0.05, 0.1) is 0 Å². The third kappa shape index (κ3) is 3.81. The van der Waals surface area contributed by atoms with E-state index in [0.717, 1.165) is 31.5 Å². The zero-order chi connectivity index (χ0) is 14.5. The van der Waals surface area contributed by atoms with Crippen molar-refractivity contribution in [3.05, 3.63) is 35.4 Å². The van der Waals surface area contributed by atoms with Crippen LogP contribution in [0.3, 0.4) is 0 Å². The highest BCUT2D eigenvalue weighted by Gasteiger charge is 2.21. The molecule has 1 aliphatic rings. The van der Waals surface area contributed by atoms with Gasteiger partial charge in [0.15, 0.2) is 0 Å². The Bertz CT molecular complexity index is 476. The monoisotopic (exact) mass is 275 g/mol. The number of nitrogens with two attached hydrogens (primary N) is 1. The lowest BCUT2D eigenvalue weighted by Gasteiger charge is -2.30. The number of carbonyl (C=O) groups is 2. The minimum Gasteiger partial charge on any atom is -0.352 e. The van der Waals surface area contributed by atoms with Crippen LogP contribution in [-0.2, 0) is 11.3 Å². The number of nitrogens with zero attached hydrogens (tertiary/aromatic N) is 1. The van der Waals surface area contributed by atoms with Gasteiger partial charge in [-0.15, -0.1) is 0 Å². The molecule has 1 fully saturated rings. The highest BCUT2D eigenvalue weighted by molar-refractivity contribution is 5.94. The Morgan fingerprint density at radius 2 is 1.85 bits per heavy atom. The third-order valence-electron chi connectivity index (χ3n) is 3.57. The SMILES string of the molecule is CC(=O)NCc1ccc(C(=O)N2CCC(N)CC2)cc1. The molecule has 0 atom stereocenters. The molecule has 0 unspecified atom stereocenters. The summed E-state index contributed by atoms with van der Waals surface area (Å²) >= 11 is 0. The van der Waals surface area contributed by atoms with Crippen LogP contribution in [0.15, 0.2) is 24.3 Å². The van der Waals surface area contributed by atoms with Crippen molar-refractivity contribution in [3.8, 4) is 0 Å². The van der Waals surface area contributed by atoms with E-state index in [1.165, 1.54) is 6.92 Å². The van der Waals surface area contributed by atoms with E-state index < -0.39 is 0 Å². The Kier molecular flexibility index (Phi) is 4.74. The van der Waals surface area contributed by atoms with Crippen LogP contribution in [0.1, 0.15) is 35.7 Å². The summed E-state index contributed by atoms with van der Waals surface area (Å²) in [5, 5.41) is 2.73. The van der Waals surface area contributed by atoms with Crippen LogP contribution in [0.5, 0.6) is 0 Å². The summed E-state index contributed by atoms with van der Waals surface area (Å²) in [5.41, 5.74) is 7.51. The van der Waals surface area contributed by atoms with Gasteiger partial charge in [-0.2, -0.15) is 0 Å². The van der Waals surface area contributed by atoms with Crippen molar-refractivity contribution in [2.24, 2.45) is 5.73 Å². The van der Waals surface area contributed by atoms with Crippen LogP contribution in [0.2, 0.25) is 0 Å². The molecule has 0 aliphatic carbocycles. The van der Waals surface area contributed by atoms with Gasteiger partial charge in [0.1, 0.15) is 0 Å². The Hall–Kier alpha value is -1.88. The molecular formula is C15H21N3O2. The number of likely N-dealkylation sites (tertiary alicyclic amines) is 1. The van der Waals surface area contributed by atoms with Crippen molar-refractivity contribution in [1.29, 1.82) is 0 Å². The zero-order valence-electron chi connectivity index (χ0n) is 11.8. The van der Waals surface area contributed by atoms with E-state index in [0.29, 0.717) is 12.1 Å². The number of amides is 2. The molecule has 0 saturated carbocycles. The molecule has 0 radical (unpaired) electrons. The molecule has 5 nitrogen and oxygen atoms in total. The van der Waals surface area contributed by atoms with E-state index >= 15 is 0 Å². The first-order valence-electron chi connectivity index (χ1n) is 6.94. The molecule has 2 amide bonds. The van der Waals surface area contributed by atoms with E-state index in [1.807, 2.05) is 29.2 Å². The Balaban J connectivity index is 1.95. The molecule has 5 heteroatoms. The van der Waals surface area contributed by atoms with Gasteiger partial charge in [-0.3, -0.25) is 9.59 Å². The maximum Gasteiger partial charge on any atom is 0.253 e. The number of benzene rings is 1. The van der Waals surface area contributed by atoms with Gasteiger partial charge in [0.25, 0.3) is 5.91 Å². The molecule has 1 heterocycles. The van der Waals surface area contributed by atoms with Crippen LogP contribution in [0.25, 0.3) is 0 Å². The van der Waals surface area contributed by atoms with Crippen LogP contribution in [-0.4, -0.2) is 35.8 Å². The standard InChI is InChI=1S/C15H21N3O2/c1-11(19)17-10-12-2-4-13(5-3-12)15(20)18-8-6-14(16)7-9-18/h2-5,14H,6-10,16H2,1H3,(H,17,19). The minimum atomic E-state index is -0.0604. The molecule has 0 aromatic heterocycles. The van der Waals surface area contributed by atoms with E-state index in [-0.39, 0.29) is 17.9 Å². The number of carbonyl (C=O) groups excluding carboxylic acids is 2. The first-order valence-corrected chi connectivity index (χ1v) is 6.94. The average molecular weight is 275 g/mol. The van der Waals surface area contributed by atoms with Crippen molar-refractivity contribution in [2.75, 3.05) is 13.1 Å². The smallest absolute Gasteiger partial charge is 0.253 e. The van der Waals surface area contributed by atoms with E-state index in [1.54, 1.807) is 0 Å². The Morgan fingerprint density at radius 3 is 2.40 bits per heavy atom. The van der Waals surface area contributed by atoms with Crippen LogP contribution >= 0.6 is 0 Å². The van der Waals surface area contributed by atoms with Gasteiger partial charge in [-0.25, -0.2) is 0 Å². The highest BCUT2D eigenvalue weighted by Crippen LogP contribution is 2.13. The third-order valence-corrected chi connectivity index (χ3v) is 3.57. The first-order chi connectivity index (χ1) is 9.56. The number of piperidine rings is 1. The Labute approximate surface area is 119 Å². The predicted octanol–water partition coefficient (Wildman–Crippen LogP) is 0.886. The molecule has 108 valence electrons. The highest BCUT2D eigenvalue weighted by atomic mass is 16.2. The van der Waals surface area contributed by atoms with Crippen molar-refractivity contribution in [3.63, 3.8) is 0 Å². The topological polar surface area (TPSA) is 75.4 Å². The summed E-state index contributed by atoms with van der Waals surface area (Å²) in [5.74, 6) is -0.00205. The second-order valence-corrected chi connectivity index (χ2v) is 5.24. The molecule has 2 rings (SSSR count). The van der Waals surface area contributed by atoms with Crippen molar-refractivity contribution < 1.29 is 9.59 Å². The quantitative estimate of drug-likeness (QED) is 0.860. The first kappa shape index (κ1) is 14.5. The number of hydrogen-bond acceptors (Lipinski definition) is 3. The minimum absolute atomic E-state index is 0.0583. The lowest BCUT2D eigenvalue weighted by Crippen LogP contribution is -2.42. The molecule has 1 aromatic carbocycles. The maximum atomic E-state index is 12.3. The molecule has 1 saturated heterocycles. The van der Waals surface area contributed by atoms with Gasteiger partial charge < -0.3 is 16.0 Å². The summed E-state index contributed by atoms with van der Waals surface area (Å²) < 4.78 is 0. The molecule has 3 N–H and O–H groups in total. The fourth-order valence-corrected chi connectivity index (χ4v) is 2.28. The van der Waals surface area contributed by atoms with Crippen molar-refractivity contribution in [2.45, 2.75) is 32.4 Å². The molecule has 20 heavy (non-hydrogen) atoms. The van der Waals surface area contributed by atoms with Crippen molar-refractivity contribution in [1.82, 2.24) is 10.2 Å². The predicted molar refractivity (Wildman–Crippen MR) is 77.1 cm³/mol. The fourth-order valence-electron chi connectivity index (χ4n) is 2.28. The van der Waals surface area contributed by atoms with Crippen LogP contribution in [0.4, 0.5) is 0 Å². The van der Waals surface area contributed by atoms with Crippen LogP contribution in [0, 0.1) is 0 Å². The average Bonchev–Trinajstić information content (AvgIpc) is 2.46. The van der Waals surface area contributed by atoms with Gasteiger partial charge in [0.2, 0.25) is 5.91 Å². The normalized spacial score (nSPS) is 16.0. The molecular weight excluding hydrogens is 254 g/mol. The second-order valence-electron chi connectivity index (χ2n) is 5.24. The number of hydrogen-bond donors (Lipinski definition) is 2. The summed E-state index contributed by atoms with van der Waals surface area (Å²) in [7, 11) is 0. The van der Waals surface area contributed by atoms with E-state index in [2.05, 4.69) is 5.32 Å². The second kappa shape index (κ2) is 6.52.